The number of hydrogen-bond donors (Lipinski definition) is 3. The largest absolute Gasteiger partial charge is 0.462 e. The molecule has 46 heavy (non-hydrogen) atoms. The van der Waals surface area contributed by atoms with Crippen molar-refractivity contribution in [3.05, 3.63) is 12.2 Å². The molecule has 0 aromatic rings. The molecule has 8 nitrogen and oxygen atoms in total. The molecular weight excluding hydrogens is 584 g/mol. The zero-order valence-electron chi connectivity index (χ0n) is 29.5. The lowest BCUT2D eigenvalue weighted by Crippen LogP contribution is -2.28. The molecule has 0 amide bonds. The Kier molecular flexibility index (Phi) is 25.0. The Morgan fingerprint density at radius 2 is 1.43 bits per heavy atom. The van der Waals surface area contributed by atoms with Crippen LogP contribution in [0.1, 0.15) is 162 Å². The van der Waals surface area contributed by atoms with Crippen molar-refractivity contribution in [2.75, 3.05) is 13.2 Å². The lowest BCUT2D eigenvalue weighted by molar-refractivity contribution is -0.161. The minimum Gasteiger partial charge on any atom is -0.462 e. The molecule has 1 aliphatic rings. The fourth-order valence-corrected chi connectivity index (χ4v) is 6.19. The average molecular weight is 653 g/mol. The van der Waals surface area contributed by atoms with Crippen molar-refractivity contribution in [2.24, 2.45) is 17.8 Å². The van der Waals surface area contributed by atoms with E-state index < -0.39 is 24.9 Å². The third-order valence-electron chi connectivity index (χ3n) is 9.49. The molecule has 0 heterocycles. The summed E-state index contributed by atoms with van der Waals surface area (Å²) in [6.07, 6.45) is 21.7. The molecule has 0 aliphatic heterocycles. The highest BCUT2D eigenvalue weighted by Crippen LogP contribution is 2.34. The van der Waals surface area contributed by atoms with Gasteiger partial charge in [0.25, 0.3) is 0 Å². The molecule has 1 saturated carbocycles. The van der Waals surface area contributed by atoms with Gasteiger partial charge in [0.05, 0.1) is 18.8 Å². The van der Waals surface area contributed by atoms with Gasteiger partial charge in [-0.25, -0.2) is 0 Å². The number of ether oxygens (including phenoxy) is 2. The lowest BCUT2D eigenvalue weighted by atomic mass is 9.88. The standard InChI is InChI=1S/C38H68O8/c1-4-6-15-21-31(40)25-26-34-33(35(41)27-36(34)42)22-17-13-14-18-23-37(43)45-29-32(28-39)46-38(44)24-19-12-10-8-7-9-11-16-20-30(3)5-2/h25-26,30-34,36,39-40,42H,4-24,27-29H2,1-3H3/b26-25+/t30?,31-,32-,33+,34+,36+/m0/s1. The van der Waals surface area contributed by atoms with Crippen LogP contribution in [0.2, 0.25) is 0 Å². The zero-order chi connectivity index (χ0) is 34.0. The predicted molar refractivity (Wildman–Crippen MR) is 183 cm³/mol. The minimum atomic E-state index is -0.842. The summed E-state index contributed by atoms with van der Waals surface area (Å²) in [4.78, 5) is 36.8. The maximum absolute atomic E-state index is 12.5. The molecule has 3 N–H and O–H groups in total. The normalized spacial score (nSPS) is 20.2. The Morgan fingerprint density at radius 1 is 0.848 bits per heavy atom. The summed E-state index contributed by atoms with van der Waals surface area (Å²) in [6.45, 7) is 6.15. The van der Waals surface area contributed by atoms with Crippen LogP contribution >= 0.6 is 0 Å². The number of hydrogen-bond acceptors (Lipinski definition) is 8. The van der Waals surface area contributed by atoms with E-state index in [4.69, 9.17) is 9.47 Å². The predicted octanol–water partition coefficient (Wildman–Crippen LogP) is 7.78. The first-order valence-corrected chi connectivity index (χ1v) is 18.7. The molecule has 1 rings (SSSR count). The fraction of sp³-hybridized carbons (Fsp3) is 0.868. The van der Waals surface area contributed by atoms with Crippen molar-refractivity contribution < 1.29 is 39.2 Å². The van der Waals surface area contributed by atoms with Crippen LogP contribution in [0.25, 0.3) is 0 Å². The van der Waals surface area contributed by atoms with E-state index in [2.05, 4.69) is 20.8 Å². The molecule has 0 saturated heterocycles. The molecule has 0 spiro atoms. The second-order valence-electron chi connectivity index (χ2n) is 13.7. The van der Waals surface area contributed by atoms with E-state index in [9.17, 15) is 29.7 Å². The van der Waals surface area contributed by atoms with Gasteiger partial charge < -0.3 is 24.8 Å². The van der Waals surface area contributed by atoms with E-state index in [-0.39, 0.29) is 49.0 Å². The molecular formula is C38H68O8. The Balaban J connectivity index is 2.13. The van der Waals surface area contributed by atoms with Gasteiger partial charge >= 0.3 is 11.9 Å². The molecule has 1 unspecified atom stereocenters. The SMILES string of the molecule is CCCCC[C@H](O)/C=C/[C@H]1[C@H](O)CC(=O)[C@@H]1CCCCCCC(=O)OC[C@H](CO)OC(=O)CCCCCCCCCCC(C)CC. The monoisotopic (exact) mass is 652 g/mol. The van der Waals surface area contributed by atoms with E-state index >= 15 is 0 Å². The zero-order valence-corrected chi connectivity index (χ0v) is 29.5. The van der Waals surface area contributed by atoms with Crippen molar-refractivity contribution in [3.63, 3.8) is 0 Å². The summed E-state index contributed by atoms with van der Waals surface area (Å²) < 4.78 is 10.5. The van der Waals surface area contributed by atoms with E-state index in [0.29, 0.717) is 25.7 Å². The minimum absolute atomic E-state index is 0.0823. The van der Waals surface area contributed by atoms with Gasteiger partial charge in [-0.1, -0.05) is 129 Å². The first kappa shape index (κ1) is 42.3. The summed E-state index contributed by atoms with van der Waals surface area (Å²) >= 11 is 0. The van der Waals surface area contributed by atoms with Crippen molar-refractivity contribution in [1.29, 1.82) is 0 Å². The second-order valence-corrected chi connectivity index (χ2v) is 13.7. The summed E-state index contributed by atoms with van der Waals surface area (Å²) in [6, 6.07) is 0. The van der Waals surface area contributed by atoms with Crippen LogP contribution in [0.4, 0.5) is 0 Å². The van der Waals surface area contributed by atoms with Gasteiger partial charge in [0.1, 0.15) is 12.4 Å². The Bertz CT molecular complexity index is 828. The highest BCUT2D eigenvalue weighted by molar-refractivity contribution is 5.84. The molecule has 0 bridgehead atoms. The molecule has 0 radical (unpaired) electrons. The number of carbonyl (C=O) groups is 3. The third-order valence-corrected chi connectivity index (χ3v) is 9.49. The first-order chi connectivity index (χ1) is 22.2. The first-order valence-electron chi connectivity index (χ1n) is 18.7. The third kappa shape index (κ3) is 20.5. The van der Waals surface area contributed by atoms with Gasteiger partial charge in [-0.05, 0) is 31.6 Å². The molecule has 1 aliphatic carbocycles. The summed E-state index contributed by atoms with van der Waals surface area (Å²) in [5.41, 5.74) is 0. The Labute approximate surface area is 280 Å². The van der Waals surface area contributed by atoms with Crippen molar-refractivity contribution >= 4 is 17.7 Å². The second kappa shape index (κ2) is 27.2. The number of carbonyl (C=O) groups excluding carboxylic acids is 3. The highest BCUT2D eigenvalue weighted by Gasteiger charge is 2.39. The Morgan fingerprint density at radius 3 is 2.07 bits per heavy atom. The molecule has 0 aromatic carbocycles. The van der Waals surface area contributed by atoms with E-state index in [1.807, 2.05) is 6.08 Å². The number of rotatable bonds is 29. The molecule has 268 valence electrons. The van der Waals surface area contributed by atoms with Crippen molar-refractivity contribution in [3.8, 4) is 0 Å². The number of aliphatic hydroxyl groups is 3. The maximum Gasteiger partial charge on any atom is 0.306 e. The van der Waals surface area contributed by atoms with Gasteiger partial charge in [-0.2, -0.15) is 0 Å². The van der Waals surface area contributed by atoms with Gasteiger partial charge in [-0.15, -0.1) is 0 Å². The van der Waals surface area contributed by atoms with Gasteiger partial charge in [-0.3, -0.25) is 14.4 Å². The summed E-state index contributed by atoms with van der Waals surface area (Å²) in [5.74, 6) is -0.307. The van der Waals surface area contributed by atoms with E-state index in [0.717, 1.165) is 63.7 Å². The number of ketones is 1. The van der Waals surface area contributed by atoms with E-state index in [1.54, 1.807) is 6.08 Å². The van der Waals surface area contributed by atoms with Crippen LogP contribution in [0, 0.1) is 17.8 Å². The number of esters is 2. The van der Waals surface area contributed by atoms with Crippen LogP contribution in [-0.4, -0.2) is 64.6 Å². The molecule has 1 fully saturated rings. The van der Waals surface area contributed by atoms with Crippen LogP contribution < -0.4 is 0 Å². The quantitative estimate of drug-likeness (QED) is 0.0424. The maximum atomic E-state index is 12.5. The summed E-state index contributed by atoms with van der Waals surface area (Å²) in [7, 11) is 0. The van der Waals surface area contributed by atoms with Gasteiger partial charge in [0.2, 0.25) is 0 Å². The van der Waals surface area contributed by atoms with Gasteiger partial charge in [0, 0.05) is 31.1 Å². The highest BCUT2D eigenvalue weighted by atomic mass is 16.6. The van der Waals surface area contributed by atoms with Crippen molar-refractivity contribution in [1.82, 2.24) is 0 Å². The van der Waals surface area contributed by atoms with Crippen LogP contribution in [-0.2, 0) is 23.9 Å². The average Bonchev–Trinajstić information content (AvgIpc) is 3.31. The van der Waals surface area contributed by atoms with Crippen molar-refractivity contribution in [2.45, 2.75) is 180 Å². The lowest BCUT2D eigenvalue weighted by Gasteiger charge is -2.18. The smallest absolute Gasteiger partial charge is 0.306 e. The van der Waals surface area contributed by atoms with Crippen LogP contribution in [0.5, 0.6) is 0 Å². The number of unbranched alkanes of at least 4 members (excludes halogenated alkanes) is 12. The van der Waals surface area contributed by atoms with E-state index in [1.165, 1.54) is 44.9 Å². The summed E-state index contributed by atoms with van der Waals surface area (Å²) in [5, 5.41) is 30.1. The van der Waals surface area contributed by atoms with Gasteiger partial charge in [0.15, 0.2) is 6.10 Å². The topological polar surface area (TPSA) is 130 Å². The number of Topliss-reactive ketones (excluding diaryl/α,β-unsaturated/α-hetero) is 1. The molecule has 6 atom stereocenters. The van der Waals surface area contributed by atoms with Crippen LogP contribution in [0.15, 0.2) is 12.2 Å². The fourth-order valence-electron chi connectivity index (χ4n) is 6.19. The van der Waals surface area contributed by atoms with Crippen LogP contribution in [0.3, 0.4) is 0 Å². The number of aliphatic hydroxyl groups excluding tert-OH is 3. The Hall–Kier alpha value is -1.77. The molecule has 0 aromatic heterocycles. The molecule has 8 heteroatoms.